The number of hydrogen-bond acceptors (Lipinski definition) is 0. The third-order valence-electron chi connectivity index (χ3n) is 4.46. The summed E-state index contributed by atoms with van der Waals surface area (Å²) in [6.07, 6.45) is 0. The Morgan fingerprint density at radius 1 is 0.357 bits per heavy atom. The van der Waals surface area contributed by atoms with Crippen LogP contribution in [0.15, 0.2) is 121 Å². The van der Waals surface area contributed by atoms with E-state index in [4.69, 9.17) is 0 Å². The summed E-state index contributed by atoms with van der Waals surface area (Å²) in [6, 6.07) is 43.3. The van der Waals surface area contributed by atoms with Gasteiger partial charge < -0.3 is 0 Å². The highest BCUT2D eigenvalue weighted by molar-refractivity contribution is 7.65. The van der Waals surface area contributed by atoms with Gasteiger partial charge in [0, 0.05) is 0 Å². The van der Waals surface area contributed by atoms with Gasteiger partial charge in [-0.2, -0.15) is 0 Å². The van der Waals surface area contributed by atoms with Crippen LogP contribution in [0.2, 0.25) is 0 Å². The summed E-state index contributed by atoms with van der Waals surface area (Å²) in [6.45, 7) is 0. The van der Waals surface area contributed by atoms with Gasteiger partial charge in [0.1, 0.15) is 0 Å². The van der Waals surface area contributed by atoms with Crippen LogP contribution in [0.25, 0.3) is 10.6 Å². The molecule has 28 heavy (non-hydrogen) atoms. The first-order valence-electron chi connectivity index (χ1n) is 9.39. The Morgan fingerprint density at radius 2 is 0.643 bits per heavy atom. The fourth-order valence-electron chi connectivity index (χ4n) is 3.10. The van der Waals surface area contributed by atoms with E-state index in [0.717, 1.165) is 0 Å². The molecule has 0 bridgehead atoms. The Morgan fingerprint density at radius 3 is 0.964 bits per heavy atom. The summed E-state index contributed by atoms with van der Waals surface area (Å²) >= 11 is 0. The molecular formula is C26H22P2. The Balaban J connectivity index is 1.88. The zero-order valence-electron chi connectivity index (χ0n) is 15.5. The van der Waals surface area contributed by atoms with E-state index in [1.165, 1.54) is 32.4 Å². The van der Waals surface area contributed by atoms with Gasteiger partial charge in [-0.05, 0) is 32.4 Å². The summed E-state index contributed by atoms with van der Waals surface area (Å²) in [5.41, 5.74) is 2.62. The molecule has 0 saturated heterocycles. The lowest BCUT2D eigenvalue weighted by Gasteiger charge is -2.17. The van der Waals surface area contributed by atoms with Gasteiger partial charge in [0.15, 0.2) is 0 Å². The van der Waals surface area contributed by atoms with E-state index in [2.05, 4.69) is 121 Å². The van der Waals surface area contributed by atoms with Gasteiger partial charge in [0.25, 0.3) is 0 Å². The predicted octanol–water partition coefficient (Wildman–Crippen LogP) is 6.52. The average Bonchev–Trinajstić information content (AvgIpc) is 2.79. The average molecular weight is 396 g/mol. The number of hydrogen-bond donors (Lipinski definition) is 0. The van der Waals surface area contributed by atoms with Crippen LogP contribution in [-0.2, 0) is 0 Å². The summed E-state index contributed by atoms with van der Waals surface area (Å²) in [4.78, 5) is 0. The first-order valence-corrected chi connectivity index (χ1v) is 11.4. The predicted molar refractivity (Wildman–Crippen MR) is 128 cm³/mol. The van der Waals surface area contributed by atoms with Crippen LogP contribution in [0.5, 0.6) is 0 Å². The van der Waals surface area contributed by atoms with Crippen LogP contribution in [0.1, 0.15) is 11.1 Å². The van der Waals surface area contributed by atoms with E-state index >= 15 is 0 Å². The molecule has 136 valence electrons. The normalized spacial score (nSPS) is 12.6. The smallest absolute Gasteiger partial charge is 0.00709 e. The molecule has 4 rings (SSSR count). The molecule has 0 nitrogen and oxygen atoms in total. The fourth-order valence-corrected chi connectivity index (χ4v) is 5.93. The van der Waals surface area contributed by atoms with Crippen molar-refractivity contribution in [2.24, 2.45) is 0 Å². The minimum atomic E-state index is 0.617. The van der Waals surface area contributed by atoms with Gasteiger partial charge >= 0.3 is 0 Å². The van der Waals surface area contributed by atoms with E-state index in [0.29, 0.717) is 17.2 Å². The standard InChI is InChI=1S/C26H22P2/c1-5-13-21(14-6-1)25(27-23-17-9-3-10-18-23)26(22-15-7-2-8-16-22)28-24-19-11-4-12-20-24/h1-20,27-28H/b26-25-. The van der Waals surface area contributed by atoms with Crippen LogP contribution in [0, 0.1) is 0 Å². The molecule has 2 unspecified atom stereocenters. The minimum Gasteiger partial charge on any atom is -0.0622 e. The van der Waals surface area contributed by atoms with Crippen molar-refractivity contribution in [1.29, 1.82) is 0 Å². The first-order chi connectivity index (χ1) is 13.9. The van der Waals surface area contributed by atoms with Crippen molar-refractivity contribution < 1.29 is 0 Å². The topological polar surface area (TPSA) is 0 Å². The molecule has 0 aliphatic carbocycles. The van der Waals surface area contributed by atoms with Gasteiger partial charge in [0.2, 0.25) is 0 Å². The van der Waals surface area contributed by atoms with E-state index < -0.39 is 0 Å². The largest absolute Gasteiger partial charge is 0.0622 e. The van der Waals surface area contributed by atoms with E-state index in [9.17, 15) is 0 Å². The van der Waals surface area contributed by atoms with E-state index in [1.807, 2.05) is 0 Å². The molecule has 0 spiro atoms. The lowest BCUT2D eigenvalue weighted by Crippen LogP contribution is -1.97. The molecule has 0 aliphatic heterocycles. The molecule has 0 heterocycles. The Kier molecular flexibility index (Phi) is 6.46. The lowest BCUT2D eigenvalue weighted by molar-refractivity contribution is 1.63. The number of rotatable bonds is 6. The maximum atomic E-state index is 2.24. The second kappa shape index (κ2) is 9.61. The molecule has 4 aromatic rings. The summed E-state index contributed by atoms with van der Waals surface area (Å²) in [7, 11) is 1.23. The number of benzene rings is 4. The zero-order chi connectivity index (χ0) is 19.0. The minimum absolute atomic E-state index is 0.617. The SMILES string of the molecule is c1ccc(P/C(=C(\Pc2ccccc2)c2ccccc2)c2ccccc2)cc1. The Bertz CT molecular complexity index is 938. The van der Waals surface area contributed by atoms with Crippen molar-refractivity contribution in [2.75, 3.05) is 0 Å². The van der Waals surface area contributed by atoms with Gasteiger partial charge in [-0.15, -0.1) is 0 Å². The molecular weight excluding hydrogens is 374 g/mol. The third-order valence-corrected chi connectivity index (χ3v) is 7.53. The van der Waals surface area contributed by atoms with Crippen molar-refractivity contribution in [3.8, 4) is 0 Å². The molecule has 0 radical (unpaired) electrons. The van der Waals surface area contributed by atoms with Crippen LogP contribution >= 0.6 is 17.2 Å². The lowest BCUT2D eigenvalue weighted by atomic mass is 10.1. The second-order valence-electron chi connectivity index (χ2n) is 6.46. The molecule has 0 saturated carbocycles. The summed E-state index contributed by atoms with van der Waals surface area (Å²) < 4.78 is 0. The van der Waals surface area contributed by atoms with Gasteiger partial charge in [0.05, 0.1) is 0 Å². The van der Waals surface area contributed by atoms with E-state index in [-0.39, 0.29) is 0 Å². The summed E-state index contributed by atoms with van der Waals surface area (Å²) in [5.74, 6) is 0. The molecule has 0 fully saturated rings. The van der Waals surface area contributed by atoms with Crippen molar-refractivity contribution in [3.63, 3.8) is 0 Å². The molecule has 2 atom stereocenters. The summed E-state index contributed by atoms with van der Waals surface area (Å²) in [5, 5.41) is 5.60. The van der Waals surface area contributed by atoms with Crippen molar-refractivity contribution in [2.45, 2.75) is 0 Å². The van der Waals surface area contributed by atoms with Crippen LogP contribution in [0.4, 0.5) is 0 Å². The molecule has 2 heteroatoms. The highest BCUT2D eigenvalue weighted by Gasteiger charge is 2.13. The van der Waals surface area contributed by atoms with Crippen molar-refractivity contribution in [3.05, 3.63) is 132 Å². The van der Waals surface area contributed by atoms with Crippen molar-refractivity contribution >= 4 is 38.4 Å². The zero-order valence-corrected chi connectivity index (χ0v) is 17.5. The maximum absolute atomic E-state index is 2.24. The van der Waals surface area contributed by atoms with Crippen LogP contribution in [-0.4, -0.2) is 0 Å². The quantitative estimate of drug-likeness (QED) is 0.257. The molecule has 0 aromatic heterocycles. The molecule has 4 aromatic carbocycles. The van der Waals surface area contributed by atoms with Crippen molar-refractivity contribution in [1.82, 2.24) is 0 Å². The monoisotopic (exact) mass is 396 g/mol. The van der Waals surface area contributed by atoms with Gasteiger partial charge in [-0.25, -0.2) is 0 Å². The Labute approximate surface area is 170 Å². The maximum Gasteiger partial charge on any atom is -0.00709 e. The Hall–Kier alpha value is -2.52. The first kappa shape index (κ1) is 18.8. The highest BCUT2D eigenvalue weighted by atomic mass is 31.1. The highest BCUT2D eigenvalue weighted by Crippen LogP contribution is 2.46. The molecule has 0 N–H and O–H groups in total. The van der Waals surface area contributed by atoms with Gasteiger partial charge in [-0.3, -0.25) is 0 Å². The second-order valence-corrected chi connectivity index (χ2v) is 9.12. The third kappa shape index (κ3) is 4.85. The molecule has 0 amide bonds. The molecule has 0 aliphatic rings. The van der Waals surface area contributed by atoms with E-state index in [1.54, 1.807) is 0 Å². The van der Waals surface area contributed by atoms with Crippen LogP contribution < -0.4 is 10.6 Å². The fraction of sp³-hybridized carbons (Fsp3) is 0. The van der Waals surface area contributed by atoms with Gasteiger partial charge in [-0.1, -0.05) is 138 Å². The van der Waals surface area contributed by atoms with Crippen LogP contribution in [0.3, 0.4) is 0 Å².